The van der Waals surface area contributed by atoms with E-state index in [4.69, 9.17) is 5.73 Å². The second-order valence-electron chi connectivity index (χ2n) is 4.90. The fourth-order valence-corrected chi connectivity index (χ4v) is 2.14. The van der Waals surface area contributed by atoms with Crippen molar-refractivity contribution in [2.75, 3.05) is 0 Å². The second-order valence-corrected chi connectivity index (χ2v) is 4.90. The van der Waals surface area contributed by atoms with Gasteiger partial charge in [-0.05, 0) is 28.7 Å². The molecule has 0 aromatic heterocycles. The third-order valence-corrected chi connectivity index (χ3v) is 3.64. The summed E-state index contributed by atoms with van der Waals surface area (Å²) in [5, 5.41) is 0. The van der Waals surface area contributed by atoms with Crippen LogP contribution in [0.15, 0.2) is 54.6 Å². The summed E-state index contributed by atoms with van der Waals surface area (Å²) >= 11 is 0. The van der Waals surface area contributed by atoms with Crippen LogP contribution in [0.3, 0.4) is 0 Å². The minimum Gasteiger partial charge on any atom is -0.324 e. The van der Waals surface area contributed by atoms with Gasteiger partial charge in [-0.25, -0.2) is 0 Å². The van der Waals surface area contributed by atoms with Crippen LogP contribution < -0.4 is 5.73 Å². The van der Waals surface area contributed by atoms with Gasteiger partial charge in [0.15, 0.2) is 0 Å². The maximum Gasteiger partial charge on any atom is 0.0320 e. The Hall–Kier alpha value is -1.60. The highest BCUT2D eigenvalue weighted by molar-refractivity contribution is 5.64. The summed E-state index contributed by atoms with van der Waals surface area (Å²) < 4.78 is 0. The van der Waals surface area contributed by atoms with Crippen LogP contribution in [0.1, 0.15) is 31.9 Å². The van der Waals surface area contributed by atoms with E-state index in [1.165, 1.54) is 16.7 Å². The van der Waals surface area contributed by atoms with Gasteiger partial charge in [0.1, 0.15) is 0 Å². The Labute approximate surface area is 110 Å². The molecule has 2 atom stereocenters. The van der Waals surface area contributed by atoms with Gasteiger partial charge in [-0.3, -0.25) is 0 Å². The van der Waals surface area contributed by atoms with Crippen LogP contribution in [-0.2, 0) is 0 Å². The molecule has 0 bridgehead atoms. The topological polar surface area (TPSA) is 26.0 Å². The quantitative estimate of drug-likeness (QED) is 0.840. The summed E-state index contributed by atoms with van der Waals surface area (Å²) in [7, 11) is 0. The van der Waals surface area contributed by atoms with E-state index >= 15 is 0 Å². The smallest absolute Gasteiger partial charge is 0.0320 e. The Bertz CT molecular complexity index is 490. The highest BCUT2D eigenvalue weighted by Crippen LogP contribution is 2.26. The van der Waals surface area contributed by atoms with Gasteiger partial charge in [-0.15, -0.1) is 0 Å². The molecule has 0 amide bonds. The fourth-order valence-electron chi connectivity index (χ4n) is 2.14. The summed E-state index contributed by atoms with van der Waals surface area (Å²) in [5.41, 5.74) is 10.0. The van der Waals surface area contributed by atoms with Gasteiger partial charge in [-0.2, -0.15) is 0 Å². The zero-order valence-corrected chi connectivity index (χ0v) is 11.1. The first-order chi connectivity index (χ1) is 8.72. The van der Waals surface area contributed by atoms with Crippen LogP contribution in [0.2, 0.25) is 0 Å². The molecule has 2 N–H and O–H groups in total. The summed E-state index contributed by atoms with van der Waals surface area (Å²) in [5.74, 6) is 0.510. The Balaban J connectivity index is 2.31. The van der Waals surface area contributed by atoms with E-state index in [2.05, 4.69) is 62.4 Å². The van der Waals surface area contributed by atoms with Crippen LogP contribution in [0.5, 0.6) is 0 Å². The molecule has 2 rings (SSSR count). The molecule has 1 unspecified atom stereocenters. The average molecular weight is 239 g/mol. The minimum atomic E-state index is 0.124. The van der Waals surface area contributed by atoms with Crippen LogP contribution in [0.4, 0.5) is 0 Å². The molecule has 0 spiro atoms. The number of benzene rings is 2. The molecule has 2 aromatic carbocycles. The minimum absolute atomic E-state index is 0.124. The van der Waals surface area contributed by atoms with Gasteiger partial charge in [0.05, 0.1) is 0 Å². The van der Waals surface area contributed by atoms with Gasteiger partial charge in [-0.1, -0.05) is 68.8 Å². The predicted octanol–water partition coefficient (Wildman–Crippen LogP) is 4.40. The highest BCUT2D eigenvalue weighted by atomic mass is 14.6. The summed E-state index contributed by atoms with van der Waals surface area (Å²) in [6, 6.07) is 19.1. The van der Waals surface area contributed by atoms with E-state index in [1.54, 1.807) is 0 Å². The molecule has 0 saturated carbocycles. The molecule has 18 heavy (non-hydrogen) atoms. The molecule has 0 aliphatic heterocycles. The summed E-state index contributed by atoms with van der Waals surface area (Å²) in [4.78, 5) is 0. The third kappa shape index (κ3) is 2.80. The van der Waals surface area contributed by atoms with Crippen molar-refractivity contribution in [1.82, 2.24) is 0 Å². The Morgan fingerprint density at radius 1 is 0.944 bits per heavy atom. The van der Waals surface area contributed by atoms with Crippen molar-refractivity contribution in [2.45, 2.75) is 26.3 Å². The lowest BCUT2D eigenvalue weighted by Gasteiger charge is -2.19. The lowest BCUT2D eigenvalue weighted by Crippen LogP contribution is -2.18. The van der Waals surface area contributed by atoms with E-state index < -0.39 is 0 Å². The number of rotatable bonds is 4. The summed E-state index contributed by atoms with van der Waals surface area (Å²) in [6.07, 6.45) is 1.11. The third-order valence-electron chi connectivity index (χ3n) is 3.64. The molecule has 0 heterocycles. The number of hydrogen-bond donors (Lipinski definition) is 1. The van der Waals surface area contributed by atoms with Gasteiger partial charge in [0.2, 0.25) is 0 Å². The lowest BCUT2D eigenvalue weighted by molar-refractivity contribution is 0.457. The molecule has 0 radical (unpaired) electrons. The van der Waals surface area contributed by atoms with E-state index in [1.807, 2.05) is 6.07 Å². The highest BCUT2D eigenvalue weighted by Gasteiger charge is 2.13. The number of hydrogen-bond acceptors (Lipinski definition) is 1. The SMILES string of the molecule is CCC(C)[C@H](N)c1cccc(-c2ccccc2)c1. The second kappa shape index (κ2) is 5.83. The van der Waals surface area contributed by atoms with Crippen LogP contribution >= 0.6 is 0 Å². The van der Waals surface area contributed by atoms with Crippen molar-refractivity contribution in [1.29, 1.82) is 0 Å². The van der Waals surface area contributed by atoms with Crippen molar-refractivity contribution in [3.05, 3.63) is 60.2 Å². The van der Waals surface area contributed by atoms with Crippen molar-refractivity contribution >= 4 is 0 Å². The van der Waals surface area contributed by atoms with Crippen LogP contribution in [0.25, 0.3) is 11.1 Å². The summed E-state index contributed by atoms with van der Waals surface area (Å²) in [6.45, 7) is 4.39. The Morgan fingerprint density at radius 2 is 1.61 bits per heavy atom. The van der Waals surface area contributed by atoms with E-state index in [0.717, 1.165) is 6.42 Å². The Morgan fingerprint density at radius 3 is 2.28 bits per heavy atom. The van der Waals surface area contributed by atoms with Crippen molar-refractivity contribution in [2.24, 2.45) is 11.7 Å². The fraction of sp³-hybridized carbons (Fsp3) is 0.294. The zero-order valence-electron chi connectivity index (χ0n) is 11.1. The molecule has 1 nitrogen and oxygen atoms in total. The molecule has 0 saturated heterocycles. The van der Waals surface area contributed by atoms with E-state index in [-0.39, 0.29) is 6.04 Å². The molecule has 0 aliphatic carbocycles. The van der Waals surface area contributed by atoms with Crippen molar-refractivity contribution in [3.63, 3.8) is 0 Å². The molecular weight excluding hydrogens is 218 g/mol. The lowest BCUT2D eigenvalue weighted by atomic mass is 9.91. The largest absolute Gasteiger partial charge is 0.324 e. The molecule has 0 aliphatic rings. The molecule has 2 aromatic rings. The molecule has 0 fully saturated rings. The van der Waals surface area contributed by atoms with Crippen molar-refractivity contribution < 1.29 is 0 Å². The standard InChI is InChI=1S/C17H21N/c1-3-13(2)17(18)16-11-7-10-15(12-16)14-8-5-4-6-9-14/h4-13,17H,3,18H2,1-2H3/t13?,17-/m0/s1. The molecule has 1 heteroatoms. The van der Waals surface area contributed by atoms with Gasteiger partial charge >= 0.3 is 0 Å². The first-order valence-corrected chi connectivity index (χ1v) is 6.63. The molecule has 94 valence electrons. The van der Waals surface area contributed by atoms with E-state index in [0.29, 0.717) is 5.92 Å². The first kappa shape index (κ1) is 12.8. The number of nitrogens with two attached hydrogens (primary N) is 1. The van der Waals surface area contributed by atoms with E-state index in [9.17, 15) is 0 Å². The normalized spacial score (nSPS) is 14.2. The van der Waals surface area contributed by atoms with Crippen LogP contribution in [-0.4, -0.2) is 0 Å². The Kier molecular flexibility index (Phi) is 4.16. The maximum atomic E-state index is 6.30. The molecular formula is C17H21N. The van der Waals surface area contributed by atoms with Gasteiger partial charge in [0.25, 0.3) is 0 Å². The monoisotopic (exact) mass is 239 g/mol. The van der Waals surface area contributed by atoms with Gasteiger partial charge in [0, 0.05) is 6.04 Å². The average Bonchev–Trinajstić information content (AvgIpc) is 2.46. The van der Waals surface area contributed by atoms with Crippen molar-refractivity contribution in [3.8, 4) is 11.1 Å². The van der Waals surface area contributed by atoms with Crippen LogP contribution in [0, 0.1) is 5.92 Å². The predicted molar refractivity (Wildman–Crippen MR) is 78.3 cm³/mol. The maximum absolute atomic E-state index is 6.30. The first-order valence-electron chi connectivity index (χ1n) is 6.63. The van der Waals surface area contributed by atoms with Gasteiger partial charge < -0.3 is 5.73 Å². The zero-order chi connectivity index (χ0) is 13.0.